The molecule has 1 aliphatic rings. The Hall–Kier alpha value is -0.860. The summed E-state index contributed by atoms with van der Waals surface area (Å²) in [6.45, 7) is 9.13. The first-order valence-electron chi connectivity index (χ1n) is 7.58. The van der Waals surface area contributed by atoms with Gasteiger partial charge in [0.05, 0.1) is 0 Å². The molecule has 2 nitrogen and oxygen atoms in total. The standard InChI is InChI=1S/C17H28N2/c1-4-8-17(9-10-18-13-17)14-19(3)12-16-7-5-6-15(2)11-16/h5-7,11,18H,4,8-10,12-14H2,1-3H3. The molecule has 1 unspecified atom stereocenters. The van der Waals surface area contributed by atoms with E-state index in [0.29, 0.717) is 5.41 Å². The van der Waals surface area contributed by atoms with Crippen LogP contribution < -0.4 is 5.32 Å². The van der Waals surface area contributed by atoms with Crippen molar-refractivity contribution in [3.63, 3.8) is 0 Å². The average Bonchev–Trinajstić information content (AvgIpc) is 2.77. The van der Waals surface area contributed by atoms with E-state index in [-0.39, 0.29) is 0 Å². The lowest BCUT2D eigenvalue weighted by Gasteiger charge is -2.33. The third-order valence-corrected chi connectivity index (χ3v) is 4.25. The lowest BCUT2D eigenvalue weighted by Crippen LogP contribution is -2.37. The van der Waals surface area contributed by atoms with E-state index in [1.807, 2.05) is 0 Å². The van der Waals surface area contributed by atoms with Crippen LogP contribution in [0.25, 0.3) is 0 Å². The van der Waals surface area contributed by atoms with Crippen molar-refractivity contribution in [3.8, 4) is 0 Å². The summed E-state index contributed by atoms with van der Waals surface area (Å²) >= 11 is 0. The predicted molar refractivity (Wildman–Crippen MR) is 82.3 cm³/mol. The Bertz CT molecular complexity index is 394. The Morgan fingerprint density at radius 3 is 2.84 bits per heavy atom. The third kappa shape index (κ3) is 4.05. The van der Waals surface area contributed by atoms with Crippen molar-refractivity contribution in [2.45, 2.75) is 39.7 Å². The molecule has 0 bridgehead atoms. The maximum atomic E-state index is 3.55. The molecule has 0 radical (unpaired) electrons. The van der Waals surface area contributed by atoms with Gasteiger partial charge >= 0.3 is 0 Å². The SMILES string of the molecule is CCCC1(CN(C)Cc2cccc(C)c2)CCNC1. The van der Waals surface area contributed by atoms with E-state index >= 15 is 0 Å². The number of rotatable bonds is 6. The maximum Gasteiger partial charge on any atom is 0.0231 e. The molecule has 1 heterocycles. The van der Waals surface area contributed by atoms with Gasteiger partial charge in [0.1, 0.15) is 0 Å². The van der Waals surface area contributed by atoms with Crippen LogP contribution in [0.3, 0.4) is 0 Å². The van der Waals surface area contributed by atoms with Crippen LogP contribution in [-0.4, -0.2) is 31.6 Å². The first-order chi connectivity index (χ1) is 9.13. The summed E-state index contributed by atoms with van der Waals surface area (Å²) in [5.41, 5.74) is 3.30. The molecule has 0 aliphatic carbocycles. The summed E-state index contributed by atoms with van der Waals surface area (Å²) in [4.78, 5) is 2.50. The zero-order chi connectivity index (χ0) is 13.7. The van der Waals surface area contributed by atoms with Gasteiger partial charge in [-0.2, -0.15) is 0 Å². The first kappa shape index (κ1) is 14.5. The van der Waals surface area contributed by atoms with Crippen LogP contribution >= 0.6 is 0 Å². The van der Waals surface area contributed by atoms with Gasteiger partial charge in [0, 0.05) is 19.6 Å². The highest BCUT2D eigenvalue weighted by Crippen LogP contribution is 2.32. The van der Waals surface area contributed by atoms with E-state index in [1.54, 1.807) is 0 Å². The summed E-state index contributed by atoms with van der Waals surface area (Å²) < 4.78 is 0. The molecule has 2 rings (SSSR count). The average molecular weight is 260 g/mol. The van der Waals surface area contributed by atoms with Crippen molar-refractivity contribution in [1.29, 1.82) is 0 Å². The molecule has 106 valence electrons. The quantitative estimate of drug-likeness (QED) is 0.845. The molecule has 2 heteroatoms. The van der Waals surface area contributed by atoms with Gasteiger partial charge < -0.3 is 10.2 Å². The summed E-state index contributed by atoms with van der Waals surface area (Å²) in [6.07, 6.45) is 3.97. The molecule has 1 aromatic carbocycles. The number of hydrogen-bond donors (Lipinski definition) is 1. The van der Waals surface area contributed by atoms with Crippen LogP contribution in [0.1, 0.15) is 37.3 Å². The summed E-state index contributed by atoms with van der Waals surface area (Å²) in [7, 11) is 2.26. The largest absolute Gasteiger partial charge is 0.316 e. The zero-order valence-electron chi connectivity index (χ0n) is 12.7. The Balaban J connectivity index is 1.94. The second-order valence-corrected chi connectivity index (χ2v) is 6.34. The highest BCUT2D eigenvalue weighted by molar-refractivity contribution is 5.22. The third-order valence-electron chi connectivity index (χ3n) is 4.25. The molecular formula is C17H28N2. The normalized spacial score (nSPS) is 23.2. The van der Waals surface area contributed by atoms with Gasteiger partial charge in [-0.05, 0) is 44.3 Å². The van der Waals surface area contributed by atoms with Crippen molar-refractivity contribution in [3.05, 3.63) is 35.4 Å². The van der Waals surface area contributed by atoms with Crippen molar-refractivity contribution in [2.75, 3.05) is 26.7 Å². The Labute approximate surface area is 118 Å². The lowest BCUT2D eigenvalue weighted by atomic mass is 9.82. The van der Waals surface area contributed by atoms with Crippen LogP contribution in [0.15, 0.2) is 24.3 Å². The van der Waals surface area contributed by atoms with Crippen molar-refractivity contribution in [2.24, 2.45) is 5.41 Å². The molecule has 1 fully saturated rings. The molecule has 0 aromatic heterocycles. The van der Waals surface area contributed by atoms with Crippen LogP contribution in [0.2, 0.25) is 0 Å². The number of aryl methyl sites for hydroxylation is 1. The predicted octanol–water partition coefficient (Wildman–Crippen LogP) is 3.21. The molecule has 0 spiro atoms. The minimum absolute atomic E-state index is 0.507. The number of hydrogen-bond acceptors (Lipinski definition) is 2. The fraction of sp³-hybridized carbons (Fsp3) is 0.647. The van der Waals surface area contributed by atoms with E-state index in [2.05, 4.69) is 55.4 Å². The second kappa shape index (κ2) is 6.53. The molecule has 0 saturated carbocycles. The van der Waals surface area contributed by atoms with E-state index in [9.17, 15) is 0 Å². The van der Waals surface area contributed by atoms with Gasteiger partial charge in [0.15, 0.2) is 0 Å². The number of nitrogens with one attached hydrogen (secondary N) is 1. The minimum atomic E-state index is 0.507. The summed E-state index contributed by atoms with van der Waals surface area (Å²) in [5, 5.41) is 3.55. The van der Waals surface area contributed by atoms with Crippen molar-refractivity contribution >= 4 is 0 Å². The van der Waals surface area contributed by atoms with E-state index in [0.717, 1.165) is 6.54 Å². The van der Waals surface area contributed by atoms with Gasteiger partial charge in [-0.15, -0.1) is 0 Å². The first-order valence-corrected chi connectivity index (χ1v) is 7.58. The summed E-state index contributed by atoms with van der Waals surface area (Å²) in [5.74, 6) is 0. The van der Waals surface area contributed by atoms with Gasteiger partial charge in [-0.1, -0.05) is 43.2 Å². The molecule has 1 atom stereocenters. The maximum absolute atomic E-state index is 3.55. The van der Waals surface area contributed by atoms with Crippen LogP contribution in [-0.2, 0) is 6.54 Å². The van der Waals surface area contributed by atoms with Crippen molar-refractivity contribution < 1.29 is 0 Å². The van der Waals surface area contributed by atoms with Crippen LogP contribution in [0, 0.1) is 12.3 Å². The highest BCUT2D eigenvalue weighted by atomic mass is 15.1. The van der Waals surface area contributed by atoms with Crippen molar-refractivity contribution in [1.82, 2.24) is 10.2 Å². The molecule has 19 heavy (non-hydrogen) atoms. The molecule has 1 N–H and O–H groups in total. The molecule has 1 aromatic rings. The highest BCUT2D eigenvalue weighted by Gasteiger charge is 2.33. The molecule has 1 saturated heterocycles. The minimum Gasteiger partial charge on any atom is -0.316 e. The molecule has 0 amide bonds. The van der Waals surface area contributed by atoms with Gasteiger partial charge in [-0.25, -0.2) is 0 Å². The summed E-state index contributed by atoms with van der Waals surface area (Å²) in [6, 6.07) is 8.87. The second-order valence-electron chi connectivity index (χ2n) is 6.34. The topological polar surface area (TPSA) is 15.3 Å². The monoisotopic (exact) mass is 260 g/mol. The molecule has 1 aliphatic heterocycles. The fourth-order valence-corrected chi connectivity index (χ4v) is 3.50. The lowest BCUT2D eigenvalue weighted by molar-refractivity contribution is 0.172. The Kier molecular flexibility index (Phi) is 5.00. The van der Waals surface area contributed by atoms with E-state index in [1.165, 1.54) is 50.0 Å². The molecular weight excluding hydrogens is 232 g/mol. The van der Waals surface area contributed by atoms with Gasteiger partial charge in [0.25, 0.3) is 0 Å². The van der Waals surface area contributed by atoms with Crippen LogP contribution in [0.4, 0.5) is 0 Å². The van der Waals surface area contributed by atoms with Crippen LogP contribution in [0.5, 0.6) is 0 Å². The smallest absolute Gasteiger partial charge is 0.0231 e. The number of nitrogens with zero attached hydrogens (tertiary/aromatic N) is 1. The Morgan fingerprint density at radius 2 is 2.21 bits per heavy atom. The van der Waals surface area contributed by atoms with Gasteiger partial charge in [0.2, 0.25) is 0 Å². The van der Waals surface area contributed by atoms with E-state index < -0.39 is 0 Å². The zero-order valence-corrected chi connectivity index (χ0v) is 12.7. The Morgan fingerprint density at radius 1 is 1.37 bits per heavy atom. The van der Waals surface area contributed by atoms with E-state index in [4.69, 9.17) is 0 Å². The van der Waals surface area contributed by atoms with Gasteiger partial charge in [-0.3, -0.25) is 0 Å². The number of benzene rings is 1. The fourth-order valence-electron chi connectivity index (χ4n) is 3.50.